The van der Waals surface area contributed by atoms with Gasteiger partial charge in [0.25, 0.3) is 5.91 Å². The number of ether oxygens (including phenoxy) is 2. The van der Waals surface area contributed by atoms with Crippen LogP contribution in [-0.4, -0.2) is 32.1 Å². The lowest BCUT2D eigenvalue weighted by atomic mass is 10.2. The van der Waals surface area contributed by atoms with Gasteiger partial charge in [-0.1, -0.05) is 0 Å². The zero-order valence-electron chi connectivity index (χ0n) is 16.7. The smallest absolute Gasteiger partial charge is 0.257 e. The fraction of sp³-hybridized carbons (Fsp3) is 0.182. The molecular formula is C22H21N5O3. The van der Waals surface area contributed by atoms with Gasteiger partial charge in [-0.3, -0.25) is 4.79 Å². The lowest BCUT2D eigenvalue weighted by molar-refractivity contribution is 0.0951. The third kappa shape index (κ3) is 4.22. The second kappa shape index (κ2) is 8.60. The van der Waals surface area contributed by atoms with Gasteiger partial charge in [0, 0.05) is 31.2 Å². The lowest BCUT2D eigenvalue weighted by Gasteiger charge is -2.09. The number of carbonyl (C=O) groups is 1. The summed E-state index contributed by atoms with van der Waals surface area (Å²) in [5.41, 5.74) is 2.49. The predicted octanol–water partition coefficient (Wildman–Crippen LogP) is 3.55. The fourth-order valence-electron chi connectivity index (χ4n) is 3.04. The molecule has 3 aromatic heterocycles. The van der Waals surface area contributed by atoms with E-state index in [1.54, 1.807) is 42.2 Å². The number of nitrogens with zero attached hydrogens (tertiary/aromatic N) is 4. The van der Waals surface area contributed by atoms with Crippen LogP contribution in [0.3, 0.4) is 0 Å². The maximum absolute atomic E-state index is 12.7. The summed E-state index contributed by atoms with van der Waals surface area (Å²) in [5, 5.41) is 7.24. The summed E-state index contributed by atoms with van der Waals surface area (Å²) in [6, 6.07) is 12.7. The third-order valence-corrected chi connectivity index (χ3v) is 4.41. The predicted molar refractivity (Wildman–Crippen MR) is 111 cm³/mol. The molecule has 4 rings (SSSR count). The van der Waals surface area contributed by atoms with Crippen LogP contribution in [0.2, 0.25) is 0 Å². The van der Waals surface area contributed by atoms with Crippen molar-refractivity contribution in [2.75, 3.05) is 6.61 Å². The van der Waals surface area contributed by atoms with Crippen LogP contribution in [0, 0.1) is 6.92 Å². The third-order valence-electron chi connectivity index (χ3n) is 4.41. The van der Waals surface area contributed by atoms with E-state index in [4.69, 9.17) is 9.47 Å². The van der Waals surface area contributed by atoms with E-state index in [0.717, 1.165) is 11.3 Å². The molecule has 3 heterocycles. The molecule has 0 saturated carbocycles. The number of carbonyl (C=O) groups excluding carboxylic acids is 1. The number of rotatable bonds is 7. The highest BCUT2D eigenvalue weighted by atomic mass is 16.5. The Hall–Kier alpha value is -3.94. The first-order valence-electron chi connectivity index (χ1n) is 9.58. The molecule has 0 bridgehead atoms. The Morgan fingerprint density at radius 3 is 2.70 bits per heavy atom. The van der Waals surface area contributed by atoms with Crippen molar-refractivity contribution < 1.29 is 14.3 Å². The van der Waals surface area contributed by atoms with E-state index in [1.807, 2.05) is 37.3 Å². The molecule has 0 aliphatic heterocycles. The second-order valence-electron chi connectivity index (χ2n) is 6.54. The molecule has 1 aromatic carbocycles. The maximum atomic E-state index is 12.7. The van der Waals surface area contributed by atoms with Crippen LogP contribution in [-0.2, 0) is 6.54 Å². The molecular weight excluding hydrogens is 382 g/mol. The van der Waals surface area contributed by atoms with Gasteiger partial charge in [0.05, 0.1) is 12.3 Å². The summed E-state index contributed by atoms with van der Waals surface area (Å²) in [7, 11) is 0. The Labute approximate surface area is 173 Å². The molecule has 152 valence electrons. The van der Waals surface area contributed by atoms with E-state index in [0.29, 0.717) is 41.7 Å². The normalized spacial score (nSPS) is 10.7. The molecule has 8 nitrogen and oxygen atoms in total. The minimum atomic E-state index is -0.230. The maximum Gasteiger partial charge on any atom is 0.257 e. The molecule has 0 aliphatic carbocycles. The topological polar surface area (TPSA) is 90.6 Å². The highest BCUT2D eigenvalue weighted by Crippen LogP contribution is 2.23. The van der Waals surface area contributed by atoms with Gasteiger partial charge in [-0.25, -0.2) is 14.5 Å². The Kier molecular flexibility index (Phi) is 5.56. The summed E-state index contributed by atoms with van der Waals surface area (Å²) in [6.07, 6.45) is 5.05. The molecule has 0 saturated heterocycles. The molecule has 0 aliphatic rings. The van der Waals surface area contributed by atoms with Gasteiger partial charge in [-0.15, -0.1) is 0 Å². The van der Waals surface area contributed by atoms with Crippen molar-refractivity contribution in [3.05, 3.63) is 77.9 Å². The molecule has 0 fully saturated rings. The Balaban J connectivity index is 1.43. The Bertz CT molecular complexity index is 1170. The SMILES string of the molecule is CCOc1ccc(Oc2cc(CNC(=O)c3c(C)nn4cccnc34)ccn2)cc1. The quantitative estimate of drug-likeness (QED) is 0.507. The number of fused-ring (bicyclic) bond motifs is 1. The molecule has 1 amide bonds. The van der Waals surface area contributed by atoms with Crippen LogP contribution in [0.1, 0.15) is 28.5 Å². The number of benzene rings is 1. The first kappa shape index (κ1) is 19.4. The standard InChI is InChI=1S/C22H21N5O3/c1-3-29-17-5-7-18(8-6-17)30-19-13-16(9-11-23-19)14-25-22(28)20-15(2)26-27-12-4-10-24-21(20)27/h4-13H,3,14H2,1-2H3,(H,25,28). The fourth-order valence-corrected chi connectivity index (χ4v) is 3.04. The molecule has 1 N–H and O–H groups in total. The zero-order chi connectivity index (χ0) is 20.9. The number of aryl methyl sites for hydroxylation is 1. The number of hydrogen-bond donors (Lipinski definition) is 1. The number of hydrogen-bond acceptors (Lipinski definition) is 6. The average molecular weight is 403 g/mol. The number of amides is 1. The van der Waals surface area contributed by atoms with Crippen molar-refractivity contribution in [2.24, 2.45) is 0 Å². The van der Waals surface area contributed by atoms with Crippen molar-refractivity contribution >= 4 is 11.6 Å². The monoisotopic (exact) mass is 403 g/mol. The molecule has 30 heavy (non-hydrogen) atoms. The highest BCUT2D eigenvalue weighted by molar-refractivity contribution is 6.00. The van der Waals surface area contributed by atoms with E-state index in [-0.39, 0.29) is 5.91 Å². The van der Waals surface area contributed by atoms with E-state index in [9.17, 15) is 4.79 Å². The average Bonchev–Trinajstić information content (AvgIpc) is 3.10. The van der Waals surface area contributed by atoms with Crippen molar-refractivity contribution in [3.8, 4) is 17.4 Å². The molecule has 0 radical (unpaired) electrons. The lowest BCUT2D eigenvalue weighted by Crippen LogP contribution is -2.23. The van der Waals surface area contributed by atoms with Crippen LogP contribution in [0.5, 0.6) is 17.4 Å². The van der Waals surface area contributed by atoms with Crippen molar-refractivity contribution in [3.63, 3.8) is 0 Å². The van der Waals surface area contributed by atoms with Crippen molar-refractivity contribution in [1.29, 1.82) is 0 Å². The van der Waals surface area contributed by atoms with E-state index in [1.165, 1.54) is 0 Å². The first-order valence-corrected chi connectivity index (χ1v) is 9.58. The van der Waals surface area contributed by atoms with Gasteiger partial charge in [-0.2, -0.15) is 5.10 Å². The molecule has 0 spiro atoms. The van der Waals surface area contributed by atoms with E-state index in [2.05, 4.69) is 20.4 Å². The molecule has 0 atom stereocenters. The van der Waals surface area contributed by atoms with Crippen molar-refractivity contribution in [1.82, 2.24) is 24.9 Å². The first-order chi connectivity index (χ1) is 14.6. The molecule has 0 unspecified atom stereocenters. The minimum absolute atomic E-state index is 0.230. The van der Waals surface area contributed by atoms with Crippen LogP contribution >= 0.6 is 0 Å². The summed E-state index contributed by atoms with van der Waals surface area (Å²) in [4.78, 5) is 21.2. The van der Waals surface area contributed by atoms with Crippen LogP contribution in [0.15, 0.2) is 61.1 Å². The number of pyridine rings is 1. The summed E-state index contributed by atoms with van der Waals surface area (Å²) in [5.74, 6) is 1.65. The Morgan fingerprint density at radius 1 is 1.10 bits per heavy atom. The van der Waals surface area contributed by atoms with E-state index < -0.39 is 0 Å². The van der Waals surface area contributed by atoms with Gasteiger partial charge < -0.3 is 14.8 Å². The second-order valence-corrected chi connectivity index (χ2v) is 6.54. The van der Waals surface area contributed by atoms with Gasteiger partial charge in [-0.05, 0) is 55.8 Å². The highest BCUT2D eigenvalue weighted by Gasteiger charge is 2.17. The minimum Gasteiger partial charge on any atom is -0.494 e. The zero-order valence-corrected chi connectivity index (χ0v) is 16.7. The van der Waals surface area contributed by atoms with Gasteiger partial charge in [0.15, 0.2) is 5.65 Å². The largest absolute Gasteiger partial charge is 0.494 e. The van der Waals surface area contributed by atoms with Crippen LogP contribution in [0.25, 0.3) is 5.65 Å². The molecule has 8 heteroatoms. The number of nitrogens with one attached hydrogen (secondary N) is 1. The summed E-state index contributed by atoms with van der Waals surface area (Å²) >= 11 is 0. The van der Waals surface area contributed by atoms with Gasteiger partial charge in [0.1, 0.15) is 17.1 Å². The van der Waals surface area contributed by atoms with Gasteiger partial charge >= 0.3 is 0 Å². The van der Waals surface area contributed by atoms with E-state index >= 15 is 0 Å². The van der Waals surface area contributed by atoms with Crippen molar-refractivity contribution in [2.45, 2.75) is 20.4 Å². The summed E-state index contributed by atoms with van der Waals surface area (Å²) in [6.45, 7) is 4.66. The summed E-state index contributed by atoms with van der Waals surface area (Å²) < 4.78 is 12.8. The van der Waals surface area contributed by atoms with Gasteiger partial charge in [0.2, 0.25) is 5.88 Å². The number of aromatic nitrogens is 4. The van der Waals surface area contributed by atoms with Crippen LogP contribution in [0.4, 0.5) is 0 Å². The Morgan fingerprint density at radius 2 is 1.90 bits per heavy atom. The van der Waals surface area contributed by atoms with Crippen LogP contribution < -0.4 is 14.8 Å². The molecule has 4 aromatic rings.